The summed E-state index contributed by atoms with van der Waals surface area (Å²) in [6, 6.07) is 21.1. The van der Waals surface area contributed by atoms with Crippen LogP contribution in [0.4, 0.5) is 19.0 Å². The maximum Gasteiger partial charge on any atom is 0.416 e. The van der Waals surface area contributed by atoms with Crippen LogP contribution >= 0.6 is 0 Å². The molecule has 0 aliphatic rings. The van der Waals surface area contributed by atoms with Crippen LogP contribution in [-0.4, -0.2) is 32.7 Å². The quantitative estimate of drug-likeness (QED) is 0.298. The van der Waals surface area contributed by atoms with Gasteiger partial charge in [0.2, 0.25) is 0 Å². The van der Waals surface area contributed by atoms with Crippen molar-refractivity contribution in [2.45, 2.75) is 18.6 Å². The zero-order chi connectivity index (χ0) is 27.3. The van der Waals surface area contributed by atoms with Gasteiger partial charge in [0.15, 0.2) is 5.69 Å². The molecule has 0 aliphatic carbocycles. The Kier molecular flexibility index (Phi) is 7.56. The number of benzene rings is 3. The van der Waals surface area contributed by atoms with E-state index in [-0.39, 0.29) is 11.5 Å². The lowest BCUT2D eigenvalue weighted by atomic mass is 9.97. The van der Waals surface area contributed by atoms with E-state index >= 15 is 0 Å². The summed E-state index contributed by atoms with van der Waals surface area (Å²) in [6.07, 6.45) is -5.56. The smallest absolute Gasteiger partial charge is 0.416 e. The number of hydrogen-bond acceptors (Lipinski definition) is 4. The standard InChI is InChI=1S/C27H21F3N4O4/c28-27(29,30)20-14-8-7-13-19(20)21(16-24(35)36)31-26(38)22-15-23(32-25(37)17-9-3-1-4-10-17)34(33-22)18-11-5-2-6-12-18/h1-15,21H,16H2,(H,31,38)(H,32,37)(H,35,36)/t21-/m0/s1. The van der Waals surface area contributed by atoms with Gasteiger partial charge in [-0.3, -0.25) is 14.4 Å². The number of carboxylic acids is 1. The van der Waals surface area contributed by atoms with Gasteiger partial charge >= 0.3 is 12.1 Å². The lowest BCUT2D eigenvalue weighted by molar-refractivity contribution is -0.140. The highest BCUT2D eigenvalue weighted by molar-refractivity contribution is 6.04. The van der Waals surface area contributed by atoms with Gasteiger partial charge in [0.05, 0.1) is 23.7 Å². The van der Waals surface area contributed by atoms with E-state index in [9.17, 15) is 32.7 Å². The number of nitrogens with zero attached hydrogens (tertiary/aromatic N) is 2. The second-order valence-corrected chi connectivity index (χ2v) is 8.19. The van der Waals surface area contributed by atoms with E-state index in [1.165, 1.54) is 22.9 Å². The van der Waals surface area contributed by atoms with Gasteiger partial charge in [-0.15, -0.1) is 0 Å². The molecule has 38 heavy (non-hydrogen) atoms. The van der Waals surface area contributed by atoms with Crippen molar-refractivity contribution in [2.75, 3.05) is 5.32 Å². The van der Waals surface area contributed by atoms with Gasteiger partial charge in [0.25, 0.3) is 11.8 Å². The Morgan fingerprint density at radius 1 is 0.868 bits per heavy atom. The predicted molar refractivity (Wildman–Crippen MR) is 132 cm³/mol. The molecule has 0 radical (unpaired) electrons. The van der Waals surface area contributed by atoms with Gasteiger partial charge in [0.1, 0.15) is 5.82 Å². The van der Waals surface area contributed by atoms with E-state index in [4.69, 9.17) is 0 Å². The first-order chi connectivity index (χ1) is 18.1. The van der Waals surface area contributed by atoms with Crippen molar-refractivity contribution in [1.29, 1.82) is 0 Å². The van der Waals surface area contributed by atoms with Crippen molar-refractivity contribution >= 4 is 23.6 Å². The number of carbonyl (C=O) groups is 3. The molecule has 0 saturated heterocycles. The fourth-order valence-corrected chi connectivity index (χ4v) is 3.83. The number of aromatic nitrogens is 2. The lowest BCUT2D eigenvalue weighted by Crippen LogP contribution is -2.32. The molecule has 2 amide bonds. The summed E-state index contributed by atoms with van der Waals surface area (Å²) in [5, 5.41) is 18.6. The Hall–Kier alpha value is -4.93. The van der Waals surface area contributed by atoms with E-state index in [2.05, 4.69) is 15.7 Å². The number of carbonyl (C=O) groups excluding carboxylic acids is 2. The summed E-state index contributed by atoms with van der Waals surface area (Å²) in [4.78, 5) is 37.4. The van der Waals surface area contributed by atoms with Crippen LogP contribution in [0.25, 0.3) is 5.69 Å². The SMILES string of the molecule is O=C(O)C[C@H](NC(=O)c1cc(NC(=O)c2ccccc2)n(-c2ccccc2)n1)c1ccccc1C(F)(F)F. The third-order valence-corrected chi connectivity index (χ3v) is 5.55. The fourth-order valence-electron chi connectivity index (χ4n) is 3.83. The fraction of sp³-hybridized carbons (Fsp3) is 0.111. The van der Waals surface area contributed by atoms with Gasteiger partial charge in [-0.05, 0) is 35.9 Å². The molecular weight excluding hydrogens is 501 g/mol. The molecule has 11 heteroatoms. The maximum atomic E-state index is 13.6. The number of alkyl halides is 3. The number of carboxylic acid groups (broad SMARTS) is 1. The van der Waals surface area contributed by atoms with Gasteiger partial charge in [-0.2, -0.15) is 18.3 Å². The van der Waals surface area contributed by atoms with Crippen LogP contribution in [0.2, 0.25) is 0 Å². The second-order valence-electron chi connectivity index (χ2n) is 8.19. The molecule has 3 N–H and O–H groups in total. The maximum absolute atomic E-state index is 13.6. The molecule has 4 rings (SSSR count). The molecule has 0 saturated carbocycles. The van der Waals surface area contributed by atoms with Crippen LogP contribution < -0.4 is 10.6 Å². The number of nitrogens with one attached hydrogen (secondary N) is 2. The van der Waals surface area contributed by atoms with Gasteiger partial charge < -0.3 is 15.7 Å². The summed E-state index contributed by atoms with van der Waals surface area (Å²) in [5.74, 6) is -2.67. The summed E-state index contributed by atoms with van der Waals surface area (Å²) in [6.45, 7) is 0. The summed E-state index contributed by atoms with van der Waals surface area (Å²) < 4.78 is 42.1. The molecule has 0 spiro atoms. The normalized spacial score (nSPS) is 12.0. The van der Waals surface area contributed by atoms with Crippen LogP contribution in [0.3, 0.4) is 0 Å². The third-order valence-electron chi connectivity index (χ3n) is 5.55. The summed E-state index contributed by atoms with van der Waals surface area (Å²) in [5.41, 5.74) is -0.839. The topological polar surface area (TPSA) is 113 Å². The number of rotatable bonds is 8. The zero-order valence-electron chi connectivity index (χ0n) is 19.6. The highest BCUT2D eigenvalue weighted by atomic mass is 19.4. The van der Waals surface area contributed by atoms with Gasteiger partial charge in [-0.25, -0.2) is 4.68 Å². The van der Waals surface area contributed by atoms with Crippen molar-refractivity contribution in [3.8, 4) is 5.69 Å². The number of hydrogen-bond donors (Lipinski definition) is 3. The zero-order valence-corrected chi connectivity index (χ0v) is 19.6. The molecule has 8 nitrogen and oxygen atoms in total. The Bertz CT molecular complexity index is 1450. The second kappa shape index (κ2) is 11.0. The Balaban J connectivity index is 1.68. The molecule has 0 fully saturated rings. The monoisotopic (exact) mass is 522 g/mol. The molecule has 0 aliphatic heterocycles. The van der Waals surface area contributed by atoms with E-state index < -0.39 is 47.5 Å². The van der Waals surface area contributed by atoms with Gasteiger partial charge in [0, 0.05) is 11.6 Å². The molecule has 0 unspecified atom stereocenters. The summed E-state index contributed by atoms with van der Waals surface area (Å²) in [7, 11) is 0. The number of amides is 2. The number of para-hydroxylation sites is 1. The minimum absolute atomic E-state index is 0.126. The molecule has 3 aromatic carbocycles. The van der Waals surface area contributed by atoms with Crippen molar-refractivity contribution in [3.63, 3.8) is 0 Å². The van der Waals surface area contributed by atoms with Crippen molar-refractivity contribution in [3.05, 3.63) is 113 Å². The first kappa shape index (κ1) is 26.1. The minimum Gasteiger partial charge on any atom is -0.481 e. The molecule has 0 bridgehead atoms. The van der Waals surface area contributed by atoms with Crippen LogP contribution in [0.15, 0.2) is 91.0 Å². The van der Waals surface area contributed by atoms with Crippen LogP contribution in [0.1, 0.15) is 44.4 Å². The van der Waals surface area contributed by atoms with Crippen molar-refractivity contribution < 1.29 is 32.7 Å². The number of halogens is 3. The van der Waals surface area contributed by atoms with E-state index in [0.717, 1.165) is 12.1 Å². The number of anilines is 1. The van der Waals surface area contributed by atoms with E-state index in [0.29, 0.717) is 11.3 Å². The largest absolute Gasteiger partial charge is 0.481 e. The van der Waals surface area contributed by atoms with Crippen LogP contribution in [-0.2, 0) is 11.0 Å². The average molecular weight is 522 g/mol. The average Bonchev–Trinajstić information content (AvgIpc) is 3.32. The molecule has 1 atom stereocenters. The minimum atomic E-state index is -4.76. The van der Waals surface area contributed by atoms with E-state index in [1.54, 1.807) is 60.7 Å². The summed E-state index contributed by atoms with van der Waals surface area (Å²) >= 11 is 0. The molecule has 1 aromatic heterocycles. The highest BCUT2D eigenvalue weighted by Gasteiger charge is 2.36. The van der Waals surface area contributed by atoms with Crippen LogP contribution in [0, 0.1) is 0 Å². The Labute approximate surface area is 214 Å². The predicted octanol–water partition coefficient (Wildman–Crippen LogP) is 5.09. The first-order valence-electron chi connectivity index (χ1n) is 11.3. The van der Waals surface area contributed by atoms with Crippen LogP contribution in [0.5, 0.6) is 0 Å². The van der Waals surface area contributed by atoms with Crippen molar-refractivity contribution in [2.24, 2.45) is 0 Å². The molecular formula is C27H21F3N4O4. The van der Waals surface area contributed by atoms with E-state index in [1.807, 2.05) is 0 Å². The third kappa shape index (κ3) is 6.06. The Morgan fingerprint density at radius 3 is 2.11 bits per heavy atom. The molecule has 194 valence electrons. The molecule has 1 heterocycles. The van der Waals surface area contributed by atoms with Gasteiger partial charge in [-0.1, -0.05) is 54.6 Å². The number of aliphatic carboxylic acids is 1. The Morgan fingerprint density at radius 2 is 1.47 bits per heavy atom. The lowest BCUT2D eigenvalue weighted by Gasteiger charge is -2.21. The first-order valence-corrected chi connectivity index (χ1v) is 11.3. The molecule has 4 aromatic rings. The van der Waals surface area contributed by atoms with Crippen molar-refractivity contribution in [1.82, 2.24) is 15.1 Å². The highest BCUT2D eigenvalue weighted by Crippen LogP contribution is 2.35.